The second kappa shape index (κ2) is 4.32. The van der Waals surface area contributed by atoms with Crippen LogP contribution in [0, 0.1) is 11.6 Å². The van der Waals surface area contributed by atoms with Crippen LogP contribution in [0.1, 0.15) is 17.3 Å². The van der Waals surface area contributed by atoms with Gasteiger partial charge < -0.3 is 5.73 Å². The van der Waals surface area contributed by atoms with Crippen molar-refractivity contribution in [3.05, 3.63) is 59.7 Å². The van der Waals surface area contributed by atoms with E-state index in [1.807, 2.05) is 0 Å². The van der Waals surface area contributed by atoms with Gasteiger partial charge in [-0.25, -0.2) is 8.78 Å². The van der Waals surface area contributed by atoms with Crippen molar-refractivity contribution in [1.29, 1.82) is 0 Å². The lowest BCUT2D eigenvalue weighted by molar-refractivity contribution is 0.564. The Hall–Kier alpha value is -1.88. The molecule has 3 nitrogen and oxygen atoms in total. The van der Waals surface area contributed by atoms with Crippen LogP contribution in [0.2, 0.25) is 0 Å². The predicted molar refractivity (Wildman–Crippen MR) is 54.4 cm³/mol. The Morgan fingerprint density at radius 1 is 1.19 bits per heavy atom. The third-order valence-corrected chi connectivity index (χ3v) is 2.20. The van der Waals surface area contributed by atoms with Crippen LogP contribution in [0.25, 0.3) is 0 Å². The highest BCUT2D eigenvalue weighted by Crippen LogP contribution is 2.20. The zero-order valence-electron chi connectivity index (χ0n) is 8.27. The summed E-state index contributed by atoms with van der Waals surface area (Å²) in [6.45, 7) is 0. The number of nitrogens with zero attached hydrogens (tertiary/aromatic N) is 2. The molecule has 0 bridgehead atoms. The Kier molecular flexibility index (Phi) is 2.87. The zero-order chi connectivity index (χ0) is 11.5. The van der Waals surface area contributed by atoms with E-state index in [0.29, 0.717) is 5.69 Å². The summed E-state index contributed by atoms with van der Waals surface area (Å²) in [7, 11) is 0. The molecule has 1 aromatic carbocycles. The van der Waals surface area contributed by atoms with Gasteiger partial charge in [0.15, 0.2) is 0 Å². The van der Waals surface area contributed by atoms with E-state index in [4.69, 9.17) is 5.73 Å². The van der Waals surface area contributed by atoms with Gasteiger partial charge in [0.05, 0.1) is 17.9 Å². The SMILES string of the molecule is NC(c1cnccn1)c1ccc(F)cc1F. The number of halogens is 2. The molecule has 0 fully saturated rings. The summed E-state index contributed by atoms with van der Waals surface area (Å²) >= 11 is 0. The van der Waals surface area contributed by atoms with E-state index in [-0.39, 0.29) is 5.56 Å². The average Bonchev–Trinajstić information content (AvgIpc) is 2.29. The number of benzene rings is 1. The summed E-state index contributed by atoms with van der Waals surface area (Å²) in [5, 5.41) is 0. The van der Waals surface area contributed by atoms with E-state index in [1.54, 1.807) is 0 Å². The fraction of sp³-hybridized carbons (Fsp3) is 0.0909. The molecule has 0 amide bonds. The Morgan fingerprint density at radius 2 is 2.00 bits per heavy atom. The monoisotopic (exact) mass is 221 g/mol. The second-order valence-corrected chi connectivity index (χ2v) is 3.27. The quantitative estimate of drug-likeness (QED) is 0.841. The zero-order valence-corrected chi connectivity index (χ0v) is 8.27. The standard InChI is InChI=1S/C11H9F2N3/c12-7-1-2-8(9(13)5-7)11(14)10-6-15-3-4-16-10/h1-6,11H,14H2. The van der Waals surface area contributed by atoms with Gasteiger partial charge in [-0.15, -0.1) is 0 Å². The summed E-state index contributed by atoms with van der Waals surface area (Å²) in [6.07, 6.45) is 4.42. The largest absolute Gasteiger partial charge is 0.319 e. The van der Waals surface area contributed by atoms with E-state index in [0.717, 1.165) is 12.1 Å². The molecule has 1 heterocycles. The summed E-state index contributed by atoms with van der Waals surface area (Å²) in [6, 6.07) is 2.53. The average molecular weight is 221 g/mol. The fourth-order valence-electron chi connectivity index (χ4n) is 1.38. The minimum absolute atomic E-state index is 0.196. The Bertz CT molecular complexity index is 488. The van der Waals surface area contributed by atoms with Gasteiger partial charge >= 0.3 is 0 Å². The molecule has 16 heavy (non-hydrogen) atoms. The third-order valence-electron chi connectivity index (χ3n) is 2.20. The van der Waals surface area contributed by atoms with Gasteiger partial charge in [-0.3, -0.25) is 9.97 Å². The second-order valence-electron chi connectivity index (χ2n) is 3.27. The summed E-state index contributed by atoms with van der Waals surface area (Å²) < 4.78 is 26.1. The molecule has 0 spiro atoms. The van der Waals surface area contributed by atoms with E-state index >= 15 is 0 Å². The highest BCUT2D eigenvalue weighted by Gasteiger charge is 2.15. The van der Waals surface area contributed by atoms with Crippen LogP contribution in [-0.4, -0.2) is 9.97 Å². The maximum Gasteiger partial charge on any atom is 0.131 e. The molecule has 0 aliphatic carbocycles. The number of nitrogens with two attached hydrogens (primary N) is 1. The van der Waals surface area contributed by atoms with Crippen molar-refractivity contribution in [1.82, 2.24) is 9.97 Å². The molecule has 0 saturated carbocycles. The molecule has 0 saturated heterocycles. The minimum Gasteiger partial charge on any atom is -0.319 e. The van der Waals surface area contributed by atoms with Crippen LogP contribution in [-0.2, 0) is 0 Å². The third kappa shape index (κ3) is 2.04. The van der Waals surface area contributed by atoms with E-state index < -0.39 is 17.7 Å². The minimum atomic E-state index is -0.741. The van der Waals surface area contributed by atoms with E-state index in [2.05, 4.69) is 9.97 Å². The number of hydrogen-bond acceptors (Lipinski definition) is 3. The van der Waals surface area contributed by atoms with Gasteiger partial charge in [0, 0.05) is 24.0 Å². The smallest absolute Gasteiger partial charge is 0.131 e. The van der Waals surface area contributed by atoms with Crippen molar-refractivity contribution in [3.8, 4) is 0 Å². The molecule has 1 aromatic heterocycles. The molecule has 1 unspecified atom stereocenters. The lowest BCUT2D eigenvalue weighted by Gasteiger charge is -2.11. The van der Waals surface area contributed by atoms with E-state index in [1.165, 1.54) is 24.7 Å². The Labute approximate surface area is 91.0 Å². The number of aromatic nitrogens is 2. The molecular formula is C11H9F2N3. The van der Waals surface area contributed by atoms with Crippen molar-refractivity contribution >= 4 is 0 Å². The van der Waals surface area contributed by atoms with Crippen LogP contribution in [0.3, 0.4) is 0 Å². The molecule has 0 radical (unpaired) electrons. The summed E-state index contributed by atoms with van der Waals surface area (Å²) in [5.41, 5.74) is 6.44. The van der Waals surface area contributed by atoms with E-state index in [9.17, 15) is 8.78 Å². The highest BCUT2D eigenvalue weighted by molar-refractivity contribution is 5.27. The topological polar surface area (TPSA) is 51.8 Å². The fourth-order valence-corrected chi connectivity index (χ4v) is 1.38. The molecule has 0 aliphatic heterocycles. The lowest BCUT2D eigenvalue weighted by Crippen LogP contribution is -2.15. The normalized spacial score (nSPS) is 12.4. The summed E-state index contributed by atoms with van der Waals surface area (Å²) in [5.74, 6) is -1.31. The van der Waals surface area contributed by atoms with Crippen molar-refractivity contribution < 1.29 is 8.78 Å². The first-order valence-electron chi connectivity index (χ1n) is 4.65. The first kappa shape index (κ1) is 10.6. The van der Waals surface area contributed by atoms with Crippen LogP contribution >= 0.6 is 0 Å². The van der Waals surface area contributed by atoms with Crippen molar-refractivity contribution in [2.24, 2.45) is 5.73 Å². The summed E-state index contributed by atoms with van der Waals surface area (Å²) in [4.78, 5) is 7.81. The van der Waals surface area contributed by atoms with Crippen LogP contribution in [0.4, 0.5) is 8.78 Å². The maximum absolute atomic E-state index is 13.4. The van der Waals surface area contributed by atoms with Gasteiger partial charge in [-0.2, -0.15) is 0 Å². The van der Waals surface area contributed by atoms with Crippen LogP contribution < -0.4 is 5.73 Å². The molecule has 2 aromatic rings. The molecule has 2 rings (SSSR count). The molecule has 5 heteroatoms. The lowest BCUT2D eigenvalue weighted by atomic mass is 10.0. The Morgan fingerprint density at radius 3 is 2.62 bits per heavy atom. The van der Waals surface area contributed by atoms with Crippen LogP contribution in [0.15, 0.2) is 36.8 Å². The molecule has 0 aliphatic rings. The van der Waals surface area contributed by atoms with Crippen LogP contribution in [0.5, 0.6) is 0 Å². The van der Waals surface area contributed by atoms with Gasteiger partial charge in [-0.05, 0) is 6.07 Å². The molecule has 2 N–H and O–H groups in total. The highest BCUT2D eigenvalue weighted by atomic mass is 19.1. The predicted octanol–water partition coefficient (Wildman–Crippen LogP) is 1.80. The molecule has 82 valence electrons. The number of rotatable bonds is 2. The number of hydrogen-bond donors (Lipinski definition) is 1. The van der Waals surface area contributed by atoms with Gasteiger partial charge in [-0.1, -0.05) is 6.07 Å². The molecule has 1 atom stereocenters. The van der Waals surface area contributed by atoms with Gasteiger partial charge in [0.25, 0.3) is 0 Å². The van der Waals surface area contributed by atoms with Crippen molar-refractivity contribution in [3.63, 3.8) is 0 Å². The molecular weight excluding hydrogens is 212 g/mol. The first-order chi connectivity index (χ1) is 7.68. The first-order valence-corrected chi connectivity index (χ1v) is 4.65. The van der Waals surface area contributed by atoms with Crippen molar-refractivity contribution in [2.75, 3.05) is 0 Å². The van der Waals surface area contributed by atoms with Crippen molar-refractivity contribution in [2.45, 2.75) is 6.04 Å². The maximum atomic E-state index is 13.4. The van der Waals surface area contributed by atoms with Gasteiger partial charge in [0.1, 0.15) is 11.6 Å². The Balaban J connectivity index is 2.38. The van der Waals surface area contributed by atoms with Gasteiger partial charge in [0.2, 0.25) is 0 Å².